The summed E-state index contributed by atoms with van der Waals surface area (Å²) in [6, 6.07) is 5.74. The van der Waals surface area contributed by atoms with E-state index in [4.69, 9.17) is 15.9 Å². The van der Waals surface area contributed by atoms with Gasteiger partial charge in [-0.2, -0.15) is 0 Å². The molecule has 2 aromatic rings. The maximum atomic E-state index is 7.59. The maximum absolute atomic E-state index is 7.59. The SMILES string of the molecule is COc1ccc(CN(C)Cc2cscn2)cc1C(=N)N. The molecule has 0 bridgehead atoms. The summed E-state index contributed by atoms with van der Waals surface area (Å²) in [6.07, 6.45) is 0. The van der Waals surface area contributed by atoms with Crippen molar-refractivity contribution in [3.63, 3.8) is 0 Å². The summed E-state index contributed by atoms with van der Waals surface area (Å²) in [5.41, 5.74) is 10.2. The Morgan fingerprint density at radius 3 is 2.85 bits per heavy atom. The highest BCUT2D eigenvalue weighted by atomic mass is 32.1. The first-order chi connectivity index (χ1) is 9.60. The molecular formula is C14H18N4OS. The van der Waals surface area contributed by atoms with Crippen LogP contribution in [0.25, 0.3) is 0 Å². The van der Waals surface area contributed by atoms with Gasteiger partial charge in [0.05, 0.1) is 23.9 Å². The first kappa shape index (κ1) is 14.5. The number of ether oxygens (including phenoxy) is 1. The van der Waals surface area contributed by atoms with Gasteiger partial charge in [-0.3, -0.25) is 10.3 Å². The second-order valence-electron chi connectivity index (χ2n) is 4.60. The van der Waals surface area contributed by atoms with Crippen molar-refractivity contribution in [3.8, 4) is 5.75 Å². The van der Waals surface area contributed by atoms with E-state index < -0.39 is 0 Å². The van der Waals surface area contributed by atoms with E-state index in [1.807, 2.05) is 36.1 Å². The molecule has 0 amide bonds. The molecule has 3 N–H and O–H groups in total. The van der Waals surface area contributed by atoms with Crippen LogP contribution in [-0.4, -0.2) is 29.9 Å². The molecule has 5 nitrogen and oxygen atoms in total. The number of benzene rings is 1. The van der Waals surface area contributed by atoms with Crippen molar-refractivity contribution < 1.29 is 4.74 Å². The van der Waals surface area contributed by atoms with E-state index in [1.54, 1.807) is 18.4 Å². The number of nitrogens with zero attached hydrogens (tertiary/aromatic N) is 2. The van der Waals surface area contributed by atoms with Gasteiger partial charge in [0.15, 0.2) is 0 Å². The van der Waals surface area contributed by atoms with Crippen molar-refractivity contribution in [2.24, 2.45) is 5.73 Å². The summed E-state index contributed by atoms with van der Waals surface area (Å²) < 4.78 is 5.21. The number of hydrogen-bond acceptors (Lipinski definition) is 5. The zero-order valence-electron chi connectivity index (χ0n) is 11.6. The predicted molar refractivity (Wildman–Crippen MR) is 81.3 cm³/mol. The van der Waals surface area contributed by atoms with Crippen LogP contribution in [-0.2, 0) is 13.1 Å². The molecule has 1 aromatic carbocycles. The van der Waals surface area contributed by atoms with Crippen LogP contribution in [0.5, 0.6) is 5.75 Å². The van der Waals surface area contributed by atoms with E-state index in [1.165, 1.54) is 0 Å². The van der Waals surface area contributed by atoms with Crippen molar-refractivity contribution in [2.75, 3.05) is 14.2 Å². The average Bonchev–Trinajstić information content (AvgIpc) is 2.91. The highest BCUT2D eigenvalue weighted by Gasteiger charge is 2.09. The molecule has 0 saturated heterocycles. The predicted octanol–water partition coefficient (Wildman–Crippen LogP) is 2.07. The fourth-order valence-electron chi connectivity index (χ4n) is 2.02. The summed E-state index contributed by atoms with van der Waals surface area (Å²) >= 11 is 1.60. The van der Waals surface area contributed by atoms with Crippen molar-refractivity contribution >= 4 is 17.2 Å². The minimum Gasteiger partial charge on any atom is -0.496 e. The van der Waals surface area contributed by atoms with E-state index in [0.29, 0.717) is 11.3 Å². The summed E-state index contributed by atoms with van der Waals surface area (Å²) in [4.78, 5) is 6.44. The lowest BCUT2D eigenvalue weighted by molar-refractivity contribution is 0.315. The number of nitrogens with two attached hydrogens (primary N) is 1. The van der Waals surface area contributed by atoms with Crippen molar-refractivity contribution in [1.82, 2.24) is 9.88 Å². The third kappa shape index (κ3) is 3.55. The summed E-state index contributed by atoms with van der Waals surface area (Å²) in [7, 11) is 3.62. The van der Waals surface area contributed by atoms with E-state index in [9.17, 15) is 0 Å². The Bertz CT molecular complexity index is 583. The van der Waals surface area contributed by atoms with Crippen LogP contribution in [0.2, 0.25) is 0 Å². The normalized spacial score (nSPS) is 10.8. The number of nitrogen functional groups attached to an aromatic ring is 1. The Balaban J connectivity index is 2.09. The van der Waals surface area contributed by atoms with Crippen LogP contribution in [0.4, 0.5) is 0 Å². The fraction of sp³-hybridized carbons (Fsp3) is 0.286. The first-order valence-corrected chi connectivity index (χ1v) is 7.11. The van der Waals surface area contributed by atoms with Crippen molar-refractivity contribution in [2.45, 2.75) is 13.1 Å². The minimum absolute atomic E-state index is 0.0193. The number of methoxy groups -OCH3 is 1. The molecule has 0 saturated carbocycles. The monoisotopic (exact) mass is 290 g/mol. The first-order valence-electron chi connectivity index (χ1n) is 6.17. The summed E-state index contributed by atoms with van der Waals surface area (Å²) in [5.74, 6) is 0.647. The fourth-order valence-corrected chi connectivity index (χ4v) is 2.57. The van der Waals surface area contributed by atoms with E-state index >= 15 is 0 Å². The standard InChI is InChI=1S/C14H18N4OS/c1-18(7-11-8-20-9-17-11)6-10-3-4-13(19-2)12(5-10)14(15)16/h3-5,8-9H,6-7H2,1-2H3,(H3,15,16). The van der Waals surface area contributed by atoms with Crippen LogP contribution in [0.1, 0.15) is 16.8 Å². The number of aromatic nitrogens is 1. The van der Waals surface area contributed by atoms with Gasteiger partial charge in [-0.15, -0.1) is 11.3 Å². The quantitative estimate of drug-likeness (QED) is 0.631. The van der Waals surface area contributed by atoms with E-state index in [2.05, 4.69) is 9.88 Å². The summed E-state index contributed by atoms with van der Waals surface area (Å²) in [5, 5.41) is 9.64. The van der Waals surface area contributed by atoms with Gasteiger partial charge in [0.1, 0.15) is 11.6 Å². The lowest BCUT2D eigenvalue weighted by Crippen LogP contribution is -2.18. The second kappa shape index (κ2) is 6.49. The number of amidine groups is 1. The molecule has 6 heteroatoms. The summed E-state index contributed by atoms with van der Waals surface area (Å²) in [6.45, 7) is 1.56. The average molecular weight is 290 g/mol. The Morgan fingerprint density at radius 2 is 2.25 bits per heavy atom. The smallest absolute Gasteiger partial charge is 0.129 e. The molecule has 0 aliphatic carbocycles. The van der Waals surface area contributed by atoms with Gasteiger partial charge >= 0.3 is 0 Å². The molecular weight excluding hydrogens is 272 g/mol. The Labute approximate surface area is 122 Å². The molecule has 1 aromatic heterocycles. The molecule has 0 radical (unpaired) electrons. The number of thiazole rings is 1. The molecule has 0 fully saturated rings. The van der Waals surface area contributed by atoms with Crippen LogP contribution >= 0.6 is 11.3 Å². The van der Waals surface area contributed by atoms with Crippen LogP contribution in [0, 0.1) is 5.41 Å². The number of hydrogen-bond donors (Lipinski definition) is 2. The third-order valence-corrected chi connectivity index (χ3v) is 3.56. The van der Waals surface area contributed by atoms with Crippen LogP contribution in [0.15, 0.2) is 29.1 Å². The Hall–Kier alpha value is -1.92. The van der Waals surface area contributed by atoms with Gasteiger partial charge in [0, 0.05) is 18.5 Å². The van der Waals surface area contributed by atoms with Crippen LogP contribution < -0.4 is 10.5 Å². The van der Waals surface area contributed by atoms with Crippen molar-refractivity contribution in [3.05, 3.63) is 45.9 Å². The lowest BCUT2D eigenvalue weighted by Gasteiger charge is -2.16. The third-order valence-electron chi connectivity index (χ3n) is 2.92. The molecule has 20 heavy (non-hydrogen) atoms. The highest BCUT2D eigenvalue weighted by Crippen LogP contribution is 2.20. The molecule has 0 spiro atoms. The Morgan fingerprint density at radius 1 is 1.45 bits per heavy atom. The Kier molecular flexibility index (Phi) is 4.70. The molecule has 0 atom stereocenters. The second-order valence-corrected chi connectivity index (χ2v) is 5.32. The molecule has 106 valence electrons. The molecule has 2 rings (SSSR count). The zero-order valence-corrected chi connectivity index (χ0v) is 12.4. The number of nitrogens with one attached hydrogen (secondary N) is 1. The largest absolute Gasteiger partial charge is 0.496 e. The topological polar surface area (TPSA) is 75.2 Å². The molecule has 1 heterocycles. The molecule has 0 unspecified atom stereocenters. The lowest BCUT2D eigenvalue weighted by atomic mass is 10.1. The molecule has 0 aliphatic heterocycles. The van der Waals surface area contributed by atoms with Gasteiger partial charge in [0.25, 0.3) is 0 Å². The molecule has 0 aliphatic rings. The van der Waals surface area contributed by atoms with Crippen LogP contribution in [0.3, 0.4) is 0 Å². The number of rotatable bonds is 6. The van der Waals surface area contributed by atoms with Gasteiger partial charge in [0.2, 0.25) is 0 Å². The van der Waals surface area contributed by atoms with E-state index in [0.717, 1.165) is 24.3 Å². The van der Waals surface area contributed by atoms with Gasteiger partial charge in [-0.05, 0) is 24.7 Å². The minimum atomic E-state index is 0.0193. The zero-order chi connectivity index (χ0) is 14.5. The highest BCUT2D eigenvalue weighted by molar-refractivity contribution is 7.07. The van der Waals surface area contributed by atoms with E-state index in [-0.39, 0.29) is 5.84 Å². The van der Waals surface area contributed by atoms with Gasteiger partial charge in [-0.1, -0.05) is 6.07 Å². The van der Waals surface area contributed by atoms with Crippen molar-refractivity contribution in [1.29, 1.82) is 5.41 Å². The van der Waals surface area contributed by atoms with Gasteiger partial charge < -0.3 is 10.5 Å². The van der Waals surface area contributed by atoms with Gasteiger partial charge in [-0.25, -0.2) is 4.98 Å². The maximum Gasteiger partial charge on any atom is 0.129 e.